The van der Waals surface area contributed by atoms with E-state index in [-0.39, 0.29) is 35.3 Å². The van der Waals surface area contributed by atoms with Gasteiger partial charge in [-0.15, -0.1) is 24.0 Å². The van der Waals surface area contributed by atoms with Gasteiger partial charge in [-0.3, -0.25) is 14.7 Å². The van der Waals surface area contributed by atoms with Gasteiger partial charge >= 0.3 is 0 Å². The number of aliphatic imine (C=N–C) groups is 1. The third-order valence-electron chi connectivity index (χ3n) is 3.68. The van der Waals surface area contributed by atoms with E-state index in [4.69, 9.17) is 0 Å². The van der Waals surface area contributed by atoms with E-state index in [9.17, 15) is 4.79 Å². The summed E-state index contributed by atoms with van der Waals surface area (Å²) < 4.78 is 0. The van der Waals surface area contributed by atoms with Crippen LogP contribution in [0.1, 0.15) is 55.4 Å². The molecule has 1 amide bonds. The molecule has 0 radical (unpaired) electrons. The Labute approximate surface area is 172 Å². The highest BCUT2D eigenvalue weighted by Gasteiger charge is 2.20. The zero-order chi connectivity index (χ0) is 18.8. The zero-order valence-electron chi connectivity index (χ0n) is 17.4. The van der Waals surface area contributed by atoms with Crippen LogP contribution in [0.2, 0.25) is 0 Å². The van der Waals surface area contributed by atoms with Gasteiger partial charge in [-0.05, 0) is 34.6 Å². The molecule has 0 saturated carbocycles. The van der Waals surface area contributed by atoms with Crippen molar-refractivity contribution in [3.8, 4) is 0 Å². The molecule has 3 N–H and O–H groups in total. The third kappa shape index (κ3) is 12.4. The predicted octanol–water partition coefficient (Wildman–Crippen LogP) is 2.44. The molecule has 0 aromatic carbocycles. The van der Waals surface area contributed by atoms with Crippen LogP contribution in [-0.4, -0.2) is 61.6 Å². The molecule has 0 aromatic rings. The molecule has 0 aliphatic heterocycles. The van der Waals surface area contributed by atoms with Crippen molar-refractivity contribution in [2.45, 2.75) is 67.5 Å². The first-order valence-corrected chi connectivity index (χ1v) is 9.15. The summed E-state index contributed by atoms with van der Waals surface area (Å²) in [7, 11) is 0. The maximum absolute atomic E-state index is 11.8. The topological polar surface area (TPSA) is 68.8 Å². The van der Waals surface area contributed by atoms with Crippen LogP contribution < -0.4 is 16.0 Å². The summed E-state index contributed by atoms with van der Waals surface area (Å²) in [5.74, 6) is 0.866. The first-order chi connectivity index (χ1) is 11.1. The molecular weight excluding hydrogens is 429 g/mol. The lowest BCUT2D eigenvalue weighted by molar-refractivity contribution is -0.128. The molecular formula is C18H40IN5O. The largest absolute Gasteiger partial charge is 0.357 e. The van der Waals surface area contributed by atoms with Crippen LogP contribution in [0.3, 0.4) is 0 Å². The minimum absolute atomic E-state index is 0. The van der Waals surface area contributed by atoms with Gasteiger partial charge in [-0.1, -0.05) is 20.8 Å². The predicted molar refractivity (Wildman–Crippen MR) is 119 cm³/mol. The average molecular weight is 469 g/mol. The van der Waals surface area contributed by atoms with Crippen LogP contribution in [0.25, 0.3) is 0 Å². The highest BCUT2D eigenvalue weighted by atomic mass is 127. The van der Waals surface area contributed by atoms with Crippen LogP contribution in [0.5, 0.6) is 0 Å². The first kappa shape index (κ1) is 26.7. The fourth-order valence-corrected chi connectivity index (χ4v) is 2.35. The lowest BCUT2D eigenvalue weighted by Crippen LogP contribution is -2.44. The molecule has 150 valence electrons. The van der Waals surface area contributed by atoms with Gasteiger partial charge in [0.05, 0.1) is 6.54 Å². The van der Waals surface area contributed by atoms with E-state index in [2.05, 4.69) is 53.5 Å². The minimum Gasteiger partial charge on any atom is -0.357 e. The van der Waals surface area contributed by atoms with Crippen LogP contribution in [0.4, 0.5) is 0 Å². The number of rotatable bonds is 9. The van der Waals surface area contributed by atoms with E-state index < -0.39 is 0 Å². The van der Waals surface area contributed by atoms with Crippen molar-refractivity contribution in [3.05, 3.63) is 0 Å². The standard InChI is InChI=1S/C18H39N5O.HI/c1-9-19-17(21-11-10-20-16(24)18(6,7)8)22-12-13-23(14(2)3)15(4)5;/h14-15H,9-13H2,1-8H3,(H,20,24)(H2,19,21,22);1H. The van der Waals surface area contributed by atoms with Gasteiger partial charge in [0.2, 0.25) is 5.91 Å². The van der Waals surface area contributed by atoms with Crippen molar-refractivity contribution in [2.24, 2.45) is 10.4 Å². The monoisotopic (exact) mass is 469 g/mol. The van der Waals surface area contributed by atoms with E-state index in [1.54, 1.807) is 0 Å². The lowest BCUT2D eigenvalue weighted by atomic mass is 9.96. The molecule has 6 nitrogen and oxygen atoms in total. The highest BCUT2D eigenvalue weighted by Crippen LogP contribution is 2.11. The van der Waals surface area contributed by atoms with Gasteiger partial charge in [0.15, 0.2) is 5.96 Å². The number of halogens is 1. The van der Waals surface area contributed by atoms with Gasteiger partial charge in [0, 0.05) is 43.7 Å². The summed E-state index contributed by atoms with van der Waals surface area (Å²) in [4.78, 5) is 18.9. The number of nitrogens with one attached hydrogen (secondary N) is 3. The fourth-order valence-electron chi connectivity index (χ4n) is 2.35. The van der Waals surface area contributed by atoms with Crippen molar-refractivity contribution in [1.82, 2.24) is 20.9 Å². The number of carbonyl (C=O) groups excluding carboxylic acids is 1. The second kappa shape index (κ2) is 13.6. The smallest absolute Gasteiger partial charge is 0.225 e. The number of hydrogen-bond acceptors (Lipinski definition) is 3. The van der Waals surface area contributed by atoms with E-state index in [0.717, 1.165) is 25.6 Å². The molecule has 0 aromatic heterocycles. The quantitative estimate of drug-likeness (QED) is 0.210. The van der Waals surface area contributed by atoms with Crippen molar-refractivity contribution in [3.63, 3.8) is 0 Å². The molecule has 7 heteroatoms. The summed E-state index contributed by atoms with van der Waals surface area (Å²) >= 11 is 0. The Morgan fingerprint density at radius 3 is 1.96 bits per heavy atom. The average Bonchev–Trinajstić information content (AvgIpc) is 2.45. The lowest BCUT2D eigenvalue weighted by Gasteiger charge is -2.29. The molecule has 0 aliphatic carbocycles. The molecule has 0 atom stereocenters. The van der Waals surface area contributed by atoms with Gasteiger partial charge in [0.25, 0.3) is 0 Å². The third-order valence-corrected chi connectivity index (χ3v) is 3.68. The van der Waals surface area contributed by atoms with E-state index in [0.29, 0.717) is 25.2 Å². The van der Waals surface area contributed by atoms with Gasteiger partial charge in [-0.2, -0.15) is 0 Å². The summed E-state index contributed by atoms with van der Waals surface area (Å²) in [5, 5.41) is 9.44. The zero-order valence-corrected chi connectivity index (χ0v) is 19.7. The van der Waals surface area contributed by atoms with Crippen LogP contribution in [-0.2, 0) is 4.79 Å². The molecule has 0 aliphatic rings. The second-order valence-electron chi connectivity index (χ2n) is 7.62. The maximum Gasteiger partial charge on any atom is 0.225 e. The second-order valence-corrected chi connectivity index (χ2v) is 7.62. The van der Waals surface area contributed by atoms with Crippen molar-refractivity contribution in [1.29, 1.82) is 0 Å². The Kier molecular flexibility index (Phi) is 14.5. The molecule has 0 spiro atoms. The molecule has 0 rings (SSSR count). The summed E-state index contributed by atoms with van der Waals surface area (Å²) in [6.45, 7) is 20.4. The normalized spacial score (nSPS) is 12.4. The molecule has 0 saturated heterocycles. The number of nitrogens with zero attached hydrogens (tertiary/aromatic N) is 2. The van der Waals surface area contributed by atoms with E-state index in [1.165, 1.54) is 0 Å². The molecule has 0 bridgehead atoms. The van der Waals surface area contributed by atoms with E-state index in [1.807, 2.05) is 27.7 Å². The maximum atomic E-state index is 11.8. The SMILES string of the molecule is CCNC(=NCCN(C(C)C)C(C)C)NCCNC(=O)C(C)(C)C.I. The number of hydrogen-bond donors (Lipinski definition) is 3. The van der Waals surface area contributed by atoms with Gasteiger partial charge < -0.3 is 16.0 Å². The summed E-state index contributed by atoms with van der Waals surface area (Å²) in [5.41, 5.74) is -0.351. The fraction of sp³-hybridized carbons (Fsp3) is 0.889. The van der Waals surface area contributed by atoms with Crippen molar-refractivity contribution < 1.29 is 4.79 Å². The van der Waals surface area contributed by atoms with Crippen molar-refractivity contribution in [2.75, 3.05) is 32.7 Å². The first-order valence-electron chi connectivity index (χ1n) is 9.15. The Bertz CT molecular complexity index is 383. The summed E-state index contributed by atoms with van der Waals surface area (Å²) in [6, 6.07) is 1.03. The molecule has 0 fully saturated rings. The Morgan fingerprint density at radius 1 is 1.00 bits per heavy atom. The van der Waals surface area contributed by atoms with Crippen LogP contribution in [0, 0.1) is 5.41 Å². The summed E-state index contributed by atoms with van der Waals surface area (Å²) in [6.07, 6.45) is 0. The minimum atomic E-state index is -0.351. The Morgan fingerprint density at radius 2 is 1.52 bits per heavy atom. The number of amides is 1. The molecule has 25 heavy (non-hydrogen) atoms. The number of carbonyl (C=O) groups is 1. The van der Waals surface area contributed by atoms with Gasteiger partial charge in [0.1, 0.15) is 0 Å². The highest BCUT2D eigenvalue weighted by molar-refractivity contribution is 14.0. The Balaban J connectivity index is 0. The van der Waals surface area contributed by atoms with E-state index >= 15 is 0 Å². The number of guanidine groups is 1. The van der Waals surface area contributed by atoms with Crippen LogP contribution >= 0.6 is 24.0 Å². The Hall–Kier alpha value is -0.570. The molecule has 0 unspecified atom stereocenters. The van der Waals surface area contributed by atoms with Crippen molar-refractivity contribution >= 4 is 35.8 Å². The van der Waals surface area contributed by atoms with Gasteiger partial charge in [-0.25, -0.2) is 0 Å². The van der Waals surface area contributed by atoms with Crippen LogP contribution in [0.15, 0.2) is 4.99 Å². The molecule has 0 heterocycles.